The zero-order chi connectivity index (χ0) is 12.1. The van der Waals surface area contributed by atoms with Gasteiger partial charge in [0.05, 0.1) is 0 Å². The van der Waals surface area contributed by atoms with E-state index < -0.39 is 0 Å². The van der Waals surface area contributed by atoms with E-state index in [9.17, 15) is 4.39 Å². The molecule has 1 aromatic carbocycles. The van der Waals surface area contributed by atoms with Crippen molar-refractivity contribution in [2.75, 3.05) is 11.2 Å². The fraction of sp³-hybridized carbons (Fsp3) is 0.273. The zero-order valence-electron chi connectivity index (χ0n) is 8.99. The van der Waals surface area contributed by atoms with Crippen LogP contribution in [0, 0.1) is 5.82 Å². The number of nitrogens with one attached hydrogen (secondary N) is 1. The summed E-state index contributed by atoms with van der Waals surface area (Å²) in [5.41, 5.74) is 0.807. The van der Waals surface area contributed by atoms with E-state index in [1.165, 1.54) is 12.1 Å². The van der Waals surface area contributed by atoms with Gasteiger partial charge in [-0.05, 0) is 17.7 Å². The van der Waals surface area contributed by atoms with E-state index in [0.29, 0.717) is 30.8 Å². The Hall–Kier alpha value is -1.62. The largest absolute Gasteiger partial charge is 0.408 e. The Bertz CT molecular complexity index is 489. The Labute approximate surface area is 103 Å². The molecule has 0 saturated heterocycles. The summed E-state index contributed by atoms with van der Waals surface area (Å²) in [7, 11) is 0. The van der Waals surface area contributed by atoms with E-state index in [2.05, 4.69) is 15.5 Å². The van der Waals surface area contributed by atoms with Crippen molar-refractivity contribution in [2.45, 2.75) is 13.0 Å². The lowest BCUT2D eigenvalue weighted by Gasteiger charge is -2.01. The van der Waals surface area contributed by atoms with E-state index in [-0.39, 0.29) is 5.82 Å². The van der Waals surface area contributed by atoms with Crippen LogP contribution in [0.1, 0.15) is 11.5 Å². The van der Waals surface area contributed by atoms with Gasteiger partial charge in [-0.3, -0.25) is 0 Å². The van der Waals surface area contributed by atoms with Crippen LogP contribution >= 0.6 is 11.6 Å². The topological polar surface area (TPSA) is 51.0 Å². The first-order valence-electron chi connectivity index (χ1n) is 5.14. The van der Waals surface area contributed by atoms with Gasteiger partial charge in [0.25, 0.3) is 0 Å². The summed E-state index contributed by atoms with van der Waals surface area (Å²) in [4.78, 5) is 0. The van der Waals surface area contributed by atoms with Crippen molar-refractivity contribution in [3.8, 4) is 0 Å². The molecule has 0 bridgehead atoms. The first kappa shape index (κ1) is 11.9. The van der Waals surface area contributed by atoms with E-state index in [0.717, 1.165) is 5.56 Å². The van der Waals surface area contributed by atoms with Gasteiger partial charge >= 0.3 is 6.01 Å². The van der Waals surface area contributed by atoms with Gasteiger partial charge in [-0.2, -0.15) is 0 Å². The molecule has 0 radical (unpaired) electrons. The van der Waals surface area contributed by atoms with Gasteiger partial charge in [0.15, 0.2) is 0 Å². The van der Waals surface area contributed by atoms with Crippen LogP contribution in [0.4, 0.5) is 10.4 Å². The molecule has 90 valence electrons. The molecule has 2 rings (SSSR count). The SMILES string of the molecule is Fc1cccc(CNc2nnc(CCCl)o2)c1. The molecule has 1 N–H and O–H groups in total. The standard InChI is InChI=1S/C11H11ClFN3O/c12-5-4-10-15-16-11(17-10)14-7-8-2-1-3-9(13)6-8/h1-3,6H,4-5,7H2,(H,14,16). The minimum absolute atomic E-state index is 0.266. The molecule has 0 aliphatic rings. The number of alkyl halides is 1. The summed E-state index contributed by atoms with van der Waals surface area (Å²) in [6.45, 7) is 0.431. The summed E-state index contributed by atoms with van der Waals surface area (Å²) in [6, 6.07) is 6.62. The zero-order valence-corrected chi connectivity index (χ0v) is 9.75. The summed E-state index contributed by atoms with van der Waals surface area (Å²) < 4.78 is 18.2. The van der Waals surface area contributed by atoms with Gasteiger partial charge < -0.3 is 9.73 Å². The first-order valence-corrected chi connectivity index (χ1v) is 5.68. The number of aryl methyl sites for hydroxylation is 1. The summed E-state index contributed by atoms with van der Waals surface area (Å²) >= 11 is 5.55. The second-order valence-corrected chi connectivity index (χ2v) is 3.80. The van der Waals surface area contributed by atoms with Crippen LogP contribution in [0.5, 0.6) is 0 Å². The lowest BCUT2D eigenvalue weighted by molar-refractivity contribution is 0.512. The van der Waals surface area contributed by atoms with Gasteiger partial charge in [0.2, 0.25) is 5.89 Å². The number of nitrogens with zero attached hydrogens (tertiary/aromatic N) is 2. The Balaban J connectivity index is 1.93. The van der Waals surface area contributed by atoms with Crippen LogP contribution in [-0.2, 0) is 13.0 Å². The molecule has 17 heavy (non-hydrogen) atoms. The third kappa shape index (κ3) is 3.42. The normalized spacial score (nSPS) is 10.5. The molecule has 1 heterocycles. The van der Waals surface area contributed by atoms with Crippen molar-refractivity contribution < 1.29 is 8.81 Å². The number of halogens is 2. The average molecular weight is 256 g/mol. The minimum atomic E-state index is -0.266. The molecule has 4 nitrogen and oxygen atoms in total. The predicted molar refractivity (Wildman–Crippen MR) is 62.4 cm³/mol. The molecule has 0 amide bonds. The van der Waals surface area contributed by atoms with Gasteiger partial charge in [0, 0.05) is 18.8 Å². The maximum absolute atomic E-state index is 12.9. The van der Waals surface area contributed by atoms with E-state index >= 15 is 0 Å². The van der Waals surface area contributed by atoms with Crippen LogP contribution in [-0.4, -0.2) is 16.1 Å². The van der Waals surface area contributed by atoms with Crippen molar-refractivity contribution in [3.63, 3.8) is 0 Å². The molecule has 0 aliphatic carbocycles. The molecular formula is C11H11ClFN3O. The summed E-state index contributed by atoms with van der Waals surface area (Å²) in [6.07, 6.45) is 0.538. The molecule has 0 saturated carbocycles. The molecule has 0 atom stereocenters. The molecule has 0 unspecified atom stereocenters. The van der Waals surface area contributed by atoms with Crippen molar-refractivity contribution in [3.05, 3.63) is 41.5 Å². The minimum Gasteiger partial charge on any atom is -0.408 e. The van der Waals surface area contributed by atoms with E-state index in [4.69, 9.17) is 16.0 Å². The van der Waals surface area contributed by atoms with Gasteiger partial charge in [-0.1, -0.05) is 17.2 Å². The Morgan fingerprint density at radius 2 is 2.24 bits per heavy atom. The highest BCUT2D eigenvalue weighted by Crippen LogP contribution is 2.09. The van der Waals surface area contributed by atoms with E-state index in [1.807, 2.05) is 6.07 Å². The maximum Gasteiger partial charge on any atom is 0.315 e. The monoisotopic (exact) mass is 255 g/mol. The second-order valence-electron chi connectivity index (χ2n) is 3.42. The number of hydrogen-bond donors (Lipinski definition) is 1. The van der Waals surface area contributed by atoms with Gasteiger partial charge in [-0.15, -0.1) is 16.7 Å². The quantitative estimate of drug-likeness (QED) is 0.835. The van der Waals surface area contributed by atoms with Crippen molar-refractivity contribution >= 4 is 17.6 Å². The van der Waals surface area contributed by atoms with Crippen molar-refractivity contribution in [2.24, 2.45) is 0 Å². The third-order valence-electron chi connectivity index (χ3n) is 2.11. The fourth-order valence-electron chi connectivity index (χ4n) is 1.33. The molecule has 0 fully saturated rings. The number of aromatic nitrogens is 2. The summed E-state index contributed by atoms with van der Waals surface area (Å²) in [5.74, 6) is 0.658. The smallest absolute Gasteiger partial charge is 0.315 e. The highest BCUT2D eigenvalue weighted by atomic mass is 35.5. The Kier molecular flexibility index (Phi) is 3.93. The molecule has 6 heteroatoms. The number of rotatable bonds is 5. The lowest BCUT2D eigenvalue weighted by Crippen LogP contribution is -1.99. The summed E-state index contributed by atoms with van der Waals surface area (Å²) in [5, 5.41) is 10.5. The van der Waals surface area contributed by atoms with E-state index in [1.54, 1.807) is 6.07 Å². The number of hydrogen-bond acceptors (Lipinski definition) is 4. The number of anilines is 1. The molecule has 0 aliphatic heterocycles. The van der Waals surface area contributed by atoms with Crippen LogP contribution in [0.25, 0.3) is 0 Å². The van der Waals surface area contributed by atoms with Gasteiger partial charge in [-0.25, -0.2) is 4.39 Å². The van der Waals surface area contributed by atoms with Crippen molar-refractivity contribution in [1.82, 2.24) is 10.2 Å². The maximum atomic E-state index is 12.9. The highest BCUT2D eigenvalue weighted by Gasteiger charge is 2.04. The van der Waals surface area contributed by atoms with Crippen LogP contribution in [0.2, 0.25) is 0 Å². The molecule has 2 aromatic rings. The fourth-order valence-corrected chi connectivity index (χ4v) is 1.49. The van der Waals surface area contributed by atoms with Crippen LogP contribution in [0.3, 0.4) is 0 Å². The number of benzene rings is 1. The molecule has 1 aromatic heterocycles. The predicted octanol–water partition coefficient (Wildman–Crippen LogP) is 2.60. The van der Waals surface area contributed by atoms with Crippen molar-refractivity contribution in [1.29, 1.82) is 0 Å². The molecular weight excluding hydrogens is 245 g/mol. The molecule has 0 spiro atoms. The van der Waals surface area contributed by atoms with Crippen LogP contribution in [0.15, 0.2) is 28.7 Å². The Morgan fingerprint density at radius 3 is 3.00 bits per heavy atom. The first-order chi connectivity index (χ1) is 8.28. The highest BCUT2D eigenvalue weighted by molar-refractivity contribution is 6.17. The van der Waals surface area contributed by atoms with Crippen LogP contribution < -0.4 is 5.32 Å². The third-order valence-corrected chi connectivity index (χ3v) is 2.30. The second kappa shape index (κ2) is 5.63. The average Bonchev–Trinajstić information content (AvgIpc) is 2.75. The van der Waals surface area contributed by atoms with Gasteiger partial charge in [0.1, 0.15) is 5.82 Å². The lowest BCUT2D eigenvalue weighted by atomic mass is 10.2. The Morgan fingerprint density at radius 1 is 1.35 bits per heavy atom.